The van der Waals surface area contributed by atoms with Gasteiger partial charge in [-0.05, 0) is 17.5 Å². The average molecular weight is 257 g/mol. The second-order valence-electron chi connectivity index (χ2n) is 4.16. The van der Waals surface area contributed by atoms with Crippen molar-refractivity contribution in [2.24, 2.45) is 0 Å². The van der Waals surface area contributed by atoms with Crippen LogP contribution in [0.25, 0.3) is 0 Å². The zero-order chi connectivity index (χ0) is 12.6. The summed E-state index contributed by atoms with van der Waals surface area (Å²) in [7, 11) is 1.02. The van der Waals surface area contributed by atoms with E-state index >= 15 is 0 Å². The lowest BCUT2D eigenvalue weighted by Gasteiger charge is -2.16. The number of hydrogen-bond donors (Lipinski definition) is 0. The molecule has 0 bridgehead atoms. The molecule has 0 aliphatic heterocycles. The third-order valence-electron chi connectivity index (χ3n) is 2.71. The summed E-state index contributed by atoms with van der Waals surface area (Å²) in [4.78, 5) is 0. The molecule has 2 rings (SSSR count). The van der Waals surface area contributed by atoms with E-state index in [9.17, 15) is 0 Å². The Balaban J connectivity index is 2.18. The first-order chi connectivity index (χ1) is 8.92. The van der Waals surface area contributed by atoms with E-state index in [1.165, 1.54) is 11.1 Å². The molecule has 0 heterocycles. The van der Waals surface area contributed by atoms with Crippen molar-refractivity contribution in [3.8, 4) is 0 Å². The zero-order valence-corrected chi connectivity index (χ0v) is 11.5. The summed E-state index contributed by atoms with van der Waals surface area (Å²) in [6.45, 7) is 2.95. The van der Waals surface area contributed by atoms with Gasteiger partial charge in [-0.3, -0.25) is 0 Å². The molecular formula is C16H18OP. The van der Waals surface area contributed by atoms with Gasteiger partial charge in [0.15, 0.2) is 0 Å². The highest BCUT2D eigenvalue weighted by Crippen LogP contribution is 2.40. The Kier molecular flexibility index (Phi) is 5.38. The Labute approximate surface area is 111 Å². The second-order valence-corrected chi connectivity index (χ2v) is 5.15. The van der Waals surface area contributed by atoms with Crippen LogP contribution in [0.1, 0.15) is 30.1 Å². The van der Waals surface area contributed by atoms with Gasteiger partial charge in [0.2, 0.25) is 0 Å². The number of hydrogen-bond acceptors (Lipinski definition) is 1. The molecule has 0 aliphatic carbocycles. The predicted octanol–water partition coefficient (Wildman–Crippen LogP) is 5.06. The van der Waals surface area contributed by atoms with Gasteiger partial charge >= 0.3 is 0 Å². The van der Waals surface area contributed by atoms with E-state index in [-0.39, 0.29) is 0 Å². The maximum absolute atomic E-state index is 5.73. The van der Waals surface area contributed by atoms with E-state index in [0.29, 0.717) is 5.66 Å². The molecule has 0 spiro atoms. The fourth-order valence-corrected chi connectivity index (χ4v) is 2.83. The van der Waals surface area contributed by atoms with Crippen LogP contribution in [-0.2, 0) is 4.52 Å². The molecule has 1 radical (unpaired) electrons. The van der Waals surface area contributed by atoms with Crippen LogP contribution in [0.2, 0.25) is 0 Å². The minimum absolute atomic E-state index is 0.305. The van der Waals surface area contributed by atoms with E-state index in [0.717, 1.165) is 21.8 Å². The van der Waals surface area contributed by atoms with E-state index in [4.69, 9.17) is 4.52 Å². The Morgan fingerprint density at radius 3 is 1.83 bits per heavy atom. The Hall–Kier alpha value is -1.17. The van der Waals surface area contributed by atoms with Gasteiger partial charge in [0.05, 0.1) is 21.1 Å². The van der Waals surface area contributed by atoms with Crippen molar-refractivity contribution in [1.29, 1.82) is 0 Å². The van der Waals surface area contributed by atoms with Crippen LogP contribution in [0, 0.1) is 0 Å². The molecule has 18 heavy (non-hydrogen) atoms. The van der Waals surface area contributed by atoms with Gasteiger partial charge in [-0.25, -0.2) is 0 Å². The number of benzene rings is 2. The molecule has 0 saturated carbocycles. The van der Waals surface area contributed by atoms with E-state index in [2.05, 4.69) is 67.6 Å². The van der Waals surface area contributed by atoms with Gasteiger partial charge in [-0.2, -0.15) is 0 Å². The van der Waals surface area contributed by atoms with Crippen LogP contribution in [-0.4, -0.2) is 6.61 Å². The van der Waals surface area contributed by atoms with Gasteiger partial charge in [0.25, 0.3) is 0 Å². The van der Waals surface area contributed by atoms with E-state index < -0.39 is 0 Å². The topological polar surface area (TPSA) is 9.23 Å². The summed E-state index contributed by atoms with van der Waals surface area (Å²) in [6.07, 6.45) is 1.06. The van der Waals surface area contributed by atoms with Crippen molar-refractivity contribution in [3.63, 3.8) is 0 Å². The normalized spacial score (nSPS) is 11.4. The molecule has 2 aromatic carbocycles. The molecule has 1 nitrogen and oxygen atoms in total. The lowest BCUT2D eigenvalue weighted by molar-refractivity contribution is 0.359. The van der Waals surface area contributed by atoms with Crippen LogP contribution >= 0.6 is 8.81 Å². The van der Waals surface area contributed by atoms with Crippen molar-refractivity contribution < 1.29 is 4.52 Å². The monoisotopic (exact) mass is 257 g/mol. The molecule has 93 valence electrons. The molecule has 0 fully saturated rings. The minimum Gasteiger partial charge on any atom is -0.351 e. The fourth-order valence-electron chi connectivity index (χ4n) is 1.80. The molecule has 0 aromatic heterocycles. The van der Waals surface area contributed by atoms with Crippen molar-refractivity contribution in [2.45, 2.75) is 19.0 Å². The third kappa shape index (κ3) is 3.66. The summed E-state index contributed by atoms with van der Waals surface area (Å²) in [5.41, 5.74) is 2.92. The lowest BCUT2D eigenvalue weighted by Crippen LogP contribution is -1.96. The first-order valence-corrected chi connectivity index (χ1v) is 7.22. The second kappa shape index (κ2) is 7.31. The largest absolute Gasteiger partial charge is 0.351 e. The van der Waals surface area contributed by atoms with Gasteiger partial charge in [0, 0.05) is 0 Å². The van der Waals surface area contributed by atoms with Gasteiger partial charge < -0.3 is 4.52 Å². The highest BCUT2D eigenvalue weighted by molar-refractivity contribution is 7.33. The Bertz CT molecular complexity index is 402. The minimum atomic E-state index is 0.305. The summed E-state index contributed by atoms with van der Waals surface area (Å²) in [5.74, 6) is 0. The SMILES string of the molecule is CCCO[P]C(c1ccccc1)c1ccccc1. The first-order valence-electron chi connectivity index (χ1n) is 6.34. The van der Waals surface area contributed by atoms with Gasteiger partial charge in [-0.15, -0.1) is 0 Å². The van der Waals surface area contributed by atoms with E-state index in [1.807, 2.05) is 0 Å². The maximum Gasteiger partial charge on any atom is 0.0943 e. The molecule has 2 heteroatoms. The first kappa shape index (κ1) is 13.3. The Morgan fingerprint density at radius 2 is 1.39 bits per heavy atom. The molecule has 0 N–H and O–H groups in total. The zero-order valence-electron chi connectivity index (χ0n) is 10.6. The molecule has 0 amide bonds. The molecule has 0 aliphatic rings. The molecular weight excluding hydrogens is 239 g/mol. The van der Waals surface area contributed by atoms with Gasteiger partial charge in [0.1, 0.15) is 0 Å². The van der Waals surface area contributed by atoms with Crippen LogP contribution in [0.4, 0.5) is 0 Å². The smallest absolute Gasteiger partial charge is 0.0943 e. The fraction of sp³-hybridized carbons (Fsp3) is 0.250. The summed E-state index contributed by atoms with van der Waals surface area (Å²) >= 11 is 0. The summed E-state index contributed by atoms with van der Waals surface area (Å²) < 4.78 is 5.73. The standard InChI is InChI=1S/C16H18OP/c1-2-13-17-18-16(14-9-5-3-6-10-14)15-11-7-4-8-12-15/h3-12,16H,2,13H2,1H3. The molecule has 0 unspecified atom stereocenters. The van der Waals surface area contributed by atoms with Crippen LogP contribution in [0.5, 0.6) is 0 Å². The average Bonchev–Trinajstić information content (AvgIpc) is 2.46. The van der Waals surface area contributed by atoms with Crippen LogP contribution < -0.4 is 0 Å². The highest BCUT2D eigenvalue weighted by Gasteiger charge is 2.15. The molecule has 0 atom stereocenters. The van der Waals surface area contributed by atoms with Gasteiger partial charge in [-0.1, -0.05) is 67.6 Å². The highest BCUT2D eigenvalue weighted by atomic mass is 31.1. The summed E-state index contributed by atoms with van der Waals surface area (Å²) in [6, 6.07) is 21.1. The molecule has 0 saturated heterocycles. The number of rotatable bonds is 6. The van der Waals surface area contributed by atoms with Crippen LogP contribution in [0.3, 0.4) is 0 Å². The summed E-state index contributed by atoms with van der Waals surface area (Å²) in [5, 5.41) is 0. The van der Waals surface area contributed by atoms with Crippen molar-refractivity contribution in [3.05, 3.63) is 71.8 Å². The van der Waals surface area contributed by atoms with Crippen molar-refractivity contribution in [1.82, 2.24) is 0 Å². The molecule has 2 aromatic rings. The predicted molar refractivity (Wildman–Crippen MR) is 77.9 cm³/mol. The van der Waals surface area contributed by atoms with Crippen LogP contribution in [0.15, 0.2) is 60.7 Å². The lowest BCUT2D eigenvalue weighted by atomic mass is 10.0. The Morgan fingerprint density at radius 1 is 0.889 bits per heavy atom. The maximum atomic E-state index is 5.73. The van der Waals surface area contributed by atoms with Crippen molar-refractivity contribution >= 4 is 8.81 Å². The third-order valence-corrected chi connectivity index (χ3v) is 3.84. The van der Waals surface area contributed by atoms with E-state index in [1.54, 1.807) is 0 Å². The quantitative estimate of drug-likeness (QED) is 0.519. The van der Waals surface area contributed by atoms with Crippen molar-refractivity contribution in [2.75, 3.05) is 6.61 Å².